The summed E-state index contributed by atoms with van der Waals surface area (Å²) in [7, 11) is 0. The topological polar surface area (TPSA) is 77.3 Å². The number of imidazole rings is 1. The van der Waals surface area contributed by atoms with Crippen LogP contribution in [-0.4, -0.2) is 35.7 Å². The van der Waals surface area contributed by atoms with Crippen LogP contribution in [0.25, 0.3) is 16.7 Å². The van der Waals surface area contributed by atoms with Crippen LogP contribution in [0.4, 0.5) is 5.82 Å². The van der Waals surface area contributed by atoms with Gasteiger partial charge in [0.05, 0.1) is 22.7 Å². The van der Waals surface area contributed by atoms with E-state index < -0.39 is 0 Å². The van der Waals surface area contributed by atoms with Gasteiger partial charge in [0, 0.05) is 32.2 Å². The van der Waals surface area contributed by atoms with Gasteiger partial charge in [0.25, 0.3) is 0 Å². The summed E-state index contributed by atoms with van der Waals surface area (Å²) in [5.74, 6) is 1.54. The third-order valence-electron chi connectivity index (χ3n) is 6.36. The van der Waals surface area contributed by atoms with Gasteiger partial charge in [0.1, 0.15) is 11.9 Å². The molecule has 0 spiro atoms. The van der Waals surface area contributed by atoms with Gasteiger partial charge in [-0.1, -0.05) is 12.1 Å². The molecule has 2 aliphatic heterocycles. The van der Waals surface area contributed by atoms with Gasteiger partial charge in [-0.25, -0.2) is 4.98 Å². The number of para-hydroxylation sites is 2. The summed E-state index contributed by atoms with van der Waals surface area (Å²) in [6.45, 7) is 3.16. The molecule has 2 saturated heterocycles. The van der Waals surface area contributed by atoms with Crippen LogP contribution in [0.5, 0.6) is 0 Å². The fraction of sp³-hybridized carbons (Fsp3) is 0.435. The molecule has 0 bridgehead atoms. The van der Waals surface area contributed by atoms with E-state index in [-0.39, 0.29) is 5.92 Å². The molecule has 1 aromatic carbocycles. The number of nitrogens with zero attached hydrogens (tertiary/aromatic N) is 5. The van der Waals surface area contributed by atoms with Crippen molar-refractivity contribution in [2.24, 2.45) is 5.92 Å². The van der Waals surface area contributed by atoms with E-state index in [9.17, 15) is 10.5 Å². The highest BCUT2D eigenvalue weighted by molar-refractivity contribution is 5.85. The lowest BCUT2D eigenvalue weighted by atomic mass is 9.89. The molecule has 0 aliphatic carbocycles. The summed E-state index contributed by atoms with van der Waals surface area (Å²) in [4.78, 5) is 7.22. The Hall–Kier alpha value is -3.09. The summed E-state index contributed by atoms with van der Waals surface area (Å²) in [5, 5.41) is 19.3. The van der Waals surface area contributed by atoms with Crippen molar-refractivity contribution in [3.8, 4) is 12.1 Å². The first-order chi connectivity index (χ1) is 14.3. The van der Waals surface area contributed by atoms with E-state index in [1.54, 1.807) is 0 Å². The van der Waals surface area contributed by atoms with Crippen molar-refractivity contribution in [1.82, 2.24) is 9.38 Å². The molecular weight excluding hydrogens is 362 g/mol. The number of piperidine rings is 1. The zero-order valence-electron chi connectivity index (χ0n) is 16.3. The number of rotatable bonds is 2. The Morgan fingerprint density at radius 2 is 1.79 bits per heavy atom. The molecule has 5 rings (SSSR count). The second-order valence-electron chi connectivity index (χ2n) is 7.98. The largest absolute Gasteiger partial charge is 0.381 e. The van der Waals surface area contributed by atoms with Gasteiger partial charge < -0.3 is 9.64 Å². The standard InChI is InChI=1S/C23H23N5O/c24-14-16-5-9-27(10-6-16)22-13-18(17-7-11-29-12-8-17)19(15-25)23-26-20-3-1-2-4-21(20)28(22)23/h1-4,13,16-17H,5-12H2. The molecule has 2 aromatic heterocycles. The average molecular weight is 385 g/mol. The minimum Gasteiger partial charge on any atom is -0.381 e. The Morgan fingerprint density at radius 1 is 1.03 bits per heavy atom. The fourth-order valence-corrected chi connectivity index (χ4v) is 4.75. The number of hydrogen-bond acceptors (Lipinski definition) is 5. The molecule has 0 atom stereocenters. The highest BCUT2D eigenvalue weighted by Crippen LogP contribution is 2.37. The van der Waals surface area contributed by atoms with Crippen molar-refractivity contribution in [2.75, 3.05) is 31.2 Å². The van der Waals surface area contributed by atoms with Gasteiger partial charge in [-0.3, -0.25) is 4.40 Å². The fourth-order valence-electron chi connectivity index (χ4n) is 4.75. The van der Waals surface area contributed by atoms with Crippen molar-refractivity contribution in [3.05, 3.63) is 41.5 Å². The van der Waals surface area contributed by atoms with Crippen molar-refractivity contribution in [1.29, 1.82) is 10.5 Å². The van der Waals surface area contributed by atoms with Gasteiger partial charge in [-0.05, 0) is 55.4 Å². The molecule has 6 heteroatoms. The molecule has 4 heterocycles. The predicted molar refractivity (Wildman–Crippen MR) is 111 cm³/mol. The summed E-state index contributed by atoms with van der Waals surface area (Å²) in [6.07, 6.45) is 3.61. The first-order valence-corrected chi connectivity index (χ1v) is 10.4. The minimum absolute atomic E-state index is 0.134. The highest BCUT2D eigenvalue weighted by atomic mass is 16.5. The Bertz CT molecular complexity index is 1140. The van der Waals surface area contributed by atoms with E-state index in [4.69, 9.17) is 9.72 Å². The number of hydrogen-bond donors (Lipinski definition) is 0. The van der Waals surface area contributed by atoms with Gasteiger partial charge in [0.2, 0.25) is 0 Å². The second kappa shape index (κ2) is 7.39. The van der Waals surface area contributed by atoms with Crippen molar-refractivity contribution < 1.29 is 4.74 Å². The van der Waals surface area contributed by atoms with Crippen molar-refractivity contribution in [2.45, 2.75) is 31.6 Å². The normalized spacial score (nSPS) is 18.8. The van der Waals surface area contributed by atoms with E-state index in [0.717, 1.165) is 80.0 Å². The van der Waals surface area contributed by atoms with Crippen LogP contribution in [0.3, 0.4) is 0 Å². The maximum Gasteiger partial charge on any atom is 0.157 e. The smallest absolute Gasteiger partial charge is 0.157 e. The molecule has 2 aliphatic rings. The molecule has 29 heavy (non-hydrogen) atoms. The molecule has 146 valence electrons. The lowest BCUT2D eigenvalue weighted by Gasteiger charge is -2.33. The van der Waals surface area contributed by atoms with Gasteiger partial charge in [-0.15, -0.1) is 0 Å². The lowest BCUT2D eigenvalue weighted by Crippen LogP contribution is -2.34. The Morgan fingerprint density at radius 3 is 2.52 bits per heavy atom. The lowest BCUT2D eigenvalue weighted by molar-refractivity contribution is 0.0853. The summed E-state index contributed by atoms with van der Waals surface area (Å²) in [5.41, 5.74) is 4.45. The highest BCUT2D eigenvalue weighted by Gasteiger charge is 2.27. The van der Waals surface area contributed by atoms with Crippen LogP contribution in [0.1, 0.15) is 42.7 Å². The Labute approximate surface area is 169 Å². The number of anilines is 1. The molecule has 0 radical (unpaired) electrons. The molecule has 0 amide bonds. The monoisotopic (exact) mass is 385 g/mol. The zero-order valence-corrected chi connectivity index (χ0v) is 16.3. The van der Waals surface area contributed by atoms with Crippen molar-refractivity contribution in [3.63, 3.8) is 0 Å². The summed E-state index contributed by atoms with van der Waals surface area (Å²) >= 11 is 0. The molecule has 6 nitrogen and oxygen atoms in total. The van der Waals surface area contributed by atoms with Crippen LogP contribution in [0.2, 0.25) is 0 Å². The maximum absolute atomic E-state index is 10.1. The van der Waals surface area contributed by atoms with Crippen LogP contribution in [0, 0.1) is 28.6 Å². The Balaban J connectivity index is 1.73. The van der Waals surface area contributed by atoms with Crippen LogP contribution >= 0.6 is 0 Å². The summed E-state index contributed by atoms with van der Waals surface area (Å²) in [6, 6.07) is 15.2. The Kier molecular flexibility index (Phi) is 4.58. The number of pyridine rings is 1. The first kappa shape index (κ1) is 18.0. The second-order valence-corrected chi connectivity index (χ2v) is 7.98. The average Bonchev–Trinajstić information content (AvgIpc) is 3.18. The molecule has 2 fully saturated rings. The van der Waals surface area contributed by atoms with Gasteiger partial charge in [0.15, 0.2) is 5.65 Å². The number of aromatic nitrogens is 2. The molecule has 0 saturated carbocycles. The number of benzene rings is 1. The first-order valence-electron chi connectivity index (χ1n) is 10.4. The quantitative estimate of drug-likeness (QED) is 0.666. The third-order valence-corrected chi connectivity index (χ3v) is 6.36. The minimum atomic E-state index is 0.134. The van der Waals surface area contributed by atoms with Crippen molar-refractivity contribution >= 4 is 22.5 Å². The molecule has 0 unspecified atom stereocenters. The van der Waals surface area contributed by atoms with Crippen LogP contribution in [-0.2, 0) is 4.74 Å². The van der Waals surface area contributed by atoms with Crippen LogP contribution in [0.15, 0.2) is 30.3 Å². The predicted octanol–water partition coefficient (Wildman–Crippen LogP) is 3.99. The van der Waals surface area contributed by atoms with Gasteiger partial charge >= 0.3 is 0 Å². The zero-order chi connectivity index (χ0) is 19.8. The molecule has 0 N–H and O–H groups in total. The molecule has 3 aromatic rings. The number of fused-ring (bicyclic) bond motifs is 3. The number of ether oxygens (including phenoxy) is 1. The maximum atomic E-state index is 10.1. The van der Waals surface area contributed by atoms with E-state index in [2.05, 4.69) is 33.6 Å². The molecular formula is C23H23N5O. The van der Waals surface area contributed by atoms with Crippen LogP contribution < -0.4 is 4.90 Å². The van der Waals surface area contributed by atoms with E-state index >= 15 is 0 Å². The van der Waals surface area contributed by atoms with Gasteiger partial charge in [-0.2, -0.15) is 10.5 Å². The SMILES string of the molecule is N#Cc1c(C2CCOCC2)cc(N2CCC(C#N)CC2)n2c1nc1ccccc12. The van der Waals surface area contributed by atoms with E-state index in [1.807, 2.05) is 18.2 Å². The van der Waals surface area contributed by atoms with E-state index in [1.165, 1.54) is 0 Å². The third kappa shape index (κ3) is 3.01. The van der Waals surface area contributed by atoms with E-state index in [0.29, 0.717) is 11.5 Å². The summed E-state index contributed by atoms with van der Waals surface area (Å²) < 4.78 is 7.70. The number of nitriles is 2.